The molecule has 1 amide bonds. The largest absolute Gasteiger partial charge is 0.361 e. The van der Waals surface area contributed by atoms with Crippen molar-refractivity contribution in [2.24, 2.45) is 0 Å². The molecule has 1 aromatic carbocycles. The highest BCUT2D eigenvalue weighted by Gasteiger charge is 2.27. The van der Waals surface area contributed by atoms with E-state index in [-0.39, 0.29) is 5.91 Å². The third-order valence-electron chi connectivity index (χ3n) is 4.73. The first-order chi connectivity index (χ1) is 11.6. The molecule has 24 heavy (non-hydrogen) atoms. The van der Waals surface area contributed by atoms with Crippen molar-refractivity contribution in [3.63, 3.8) is 0 Å². The van der Waals surface area contributed by atoms with Crippen molar-refractivity contribution in [1.82, 2.24) is 9.88 Å². The number of H-pyrrole nitrogens is 1. The fourth-order valence-electron chi connectivity index (χ4n) is 3.48. The summed E-state index contributed by atoms with van der Waals surface area (Å²) in [5, 5.41) is 1.29. The number of nitrogens with one attached hydrogen (secondary N) is 1. The second-order valence-electron chi connectivity index (χ2n) is 6.09. The second-order valence-corrected chi connectivity index (χ2v) is 8.38. The number of aromatic amines is 1. The van der Waals surface area contributed by atoms with Crippen LogP contribution in [0.25, 0.3) is 10.9 Å². The Balaban J connectivity index is 1.49. The Morgan fingerprint density at radius 2 is 1.96 bits per heavy atom. The molecule has 0 radical (unpaired) electrons. The highest BCUT2D eigenvalue weighted by atomic mass is 35.5. The van der Waals surface area contributed by atoms with Crippen molar-refractivity contribution in [2.75, 3.05) is 13.1 Å². The second kappa shape index (κ2) is 6.43. The van der Waals surface area contributed by atoms with Gasteiger partial charge in [-0.15, -0.1) is 11.3 Å². The molecule has 1 aliphatic rings. The number of likely N-dealkylation sites (tertiary alicyclic amines) is 1. The van der Waals surface area contributed by atoms with E-state index in [0.717, 1.165) is 25.9 Å². The zero-order valence-electron chi connectivity index (χ0n) is 12.9. The summed E-state index contributed by atoms with van der Waals surface area (Å²) < 4.78 is 1.03. The number of benzene rings is 1. The van der Waals surface area contributed by atoms with Gasteiger partial charge in [0.25, 0.3) is 5.91 Å². The summed E-state index contributed by atoms with van der Waals surface area (Å²) in [7, 11) is 0. The summed E-state index contributed by atoms with van der Waals surface area (Å²) in [5.74, 6) is 0.465. The molecule has 0 aliphatic carbocycles. The van der Waals surface area contributed by atoms with Gasteiger partial charge in [-0.25, -0.2) is 0 Å². The number of nitrogens with zero attached hydrogens (tertiary/aromatic N) is 1. The van der Waals surface area contributed by atoms with Crippen LogP contribution in [0.3, 0.4) is 0 Å². The molecule has 4 rings (SSSR count). The molecule has 124 valence electrons. The molecular formula is C18H16Cl2N2OS. The van der Waals surface area contributed by atoms with Gasteiger partial charge < -0.3 is 9.88 Å². The van der Waals surface area contributed by atoms with Crippen LogP contribution in [0.15, 0.2) is 36.5 Å². The van der Waals surface area contributed by atoms with E-state index in [1.54, 1.807) is 6.07 Å². The molecule has 1 saturated heterocycles. The van der Waals surface area contributed by atoms with Crippen molar-refractivity contribution in [3.8, 4) is 0 Å². The van der Waals surface area contributed by atoms with Crippen molar-refractivity contribution in [2.45, 2.75) is 18.8 Å². The lowest BCUT2D eigenvalue weighted by Crippen LogP contribution is -2.37. The van der Waals surface area contributed by atoms with Crippen LogP contribution in [0.2, 0.25) is 8.67 Å². The van der Waals surface area contributed by atoms with Crippen LogP contribution in [0.4, 0.5) is 0 Å². The average molecular weight is 379 g/mol. The number of aromatic nitrogens is 1. The summed E-state index contributed by atoms with van der Waals surface area (Å²) in [5.41, 5.74) is 3.05. The monoisotopic (exact) mass is 378 g/mol. The van der Waals surface area contributed by atoms with Crippen molar-refractivity contribution >= 4 is 51.3 Å². The first kappa shape index (κ1) is 16.0. The lowest BCUT2D eigenvalue weighted by Gasteiger charge is -2.32. The molecule has 3 aromatic rings. The Labute approximate surface area is 154 Å². The number of rotatable bonds is 2. The zero-order chi connectivity index (χ0) is 16.7. The number of fused-ring (bicyclic) bond motifs is 1. The Hall–Kier alpha value is -1.49. The molecule has 3 nitrogen and oxygen atoms in total. The predicted molar refractivity (Wildman–Crippen MR) is 101 cm³/mol. The highest BCUT2D eigenvalue weighted by Crippen LogP contribution is 2.35. The van der Waals surface area contributed by atoms with Crippen LogP contribution in [-0.2, 0) is 0 Å². The Morgan fingerprint density at radius 3 is 2.67 bits per heavy atom. The molecule has 0 atom stereocenters. The Kier molecular flexibility index (Phi) is 4.29. The van der Waals surface area contributed by atoms with Gasteiger partial charge in [-0.05, 0) is 36.5 Å². The standard InChI is InChI=1S/C18H16Cl2N2OS/c19-16-9-13(17(20)24-16)18(23)22-7-5-11(6-8-22)14-10-21-15-4-2-1-3-12(14)15/h1-4,9-11,21H,5-8H2. The SMILES string of the molecule is O=C(c1cc(Cl)sc1Cl)N1CCC(c2c[nH]c3ccccc23)CC1. The number of piperidine rings is 1. The van der Waals surface area contributed by atoms with Crippen LogP contribution in [0.1, 0.15) is 34.7 Å². The number of carbonyl (C=O) groups excluding carboxylic acids is 1. The van der Waals surface area contributed by atoms with Crippen LogP contribution < -0.4 is 0 Å². The fraction of sp³-hybridized carbons (Fsp3) is 0.278. The van der Waals surface area contributed by atoms with Crippen molar-refractivity contribution < 1.29 is 4.79 Å². The smallest absolute Gasteiger partial charge is 0.256 e. The summed E-state index contributed by atoms with van der Waals surface area (Å²) >= 11 is 13.3. The molecule has 1 fully saturated rings. The number of hydrogen-bond acceptors (Lipinski definition) is 2. The number of para-hydroxylation sites is 1. The van der Waals surface area contributed by atoms with Crippen molar-refractivity contribution in [1.29, 1.82) is 0 Å². The van der Waals surface area contributed by atoms with Gasteiger partial charge >= 0.3 is 0 Å². The summed E-state index contributed by atoms with van der Waals surface area (Å²) in [6.45, 7) is 1.49. The Bertz CT molecular complexity index is 893. The van der Waals surface area contributed by atoms with Gasteiger partial charge in [0.2, 0.25) is 0 Å². The van der Waals surface area contributed by atoms with E-state index in [9.17, 15) is 4.79 Å². The molecule has 1 N–H and O–H groups in total. The number of amides is 1. The lowest BCUT2D eigenvalue weighted by molar-refractivity contribution is 0.0714. The molecule has 1 aliphatic heterocycles. The molecule has 3 heterocycles. The van der Waals surface area contributed by atoms with Gasteiger partial charge in [0.15, 0.2) is 0 Å². The molecule has 6 heteroatoms. The van der Waals surface area contributed by atoms with E-state index in [1.807, 2.05) is 11.0 Å². The van der Waals surface area contributed by atoms with E-state index >= 15 is 0 Å². The lowest BCUT2D eigenvalue weighted by atomic mass is 9.89. The van der Waals surface area contributed by atoms with Crippen LogP contribution in [0.5, 0.6) is 0 Å². The van der Waals surface area contributed by atoms with E-state index < -0.39 is 0 Å². The topological polar surface area (TPSA) is 36.1 Å². The maximum Gasteiger partial charge on any atom is 0.256 e. The summed E-state index contributed by atoms with van der Waals surface area (Å²) in [6.07, 6.45) is 4.04. The zero-order valence-corrected chi connectivity index (χ0v) is 15.2. The number of halogens is 2. The van der Waals surface area contributed by atoms with Gasteiger partial charge in [-0.3, -0.25) is 4.79 Å². The average Bonchev–Trinajstić information content (AvgIpc) is 3.17. The Morgan fingerprint density at radius 1 is 1.21 bits per heavy atom. The molecule has 2 aromatic heterocycles. The first-order valence-electron chi connectivity index (χ1n) is 7.93. The first-order valence-corrected chi connectivity index (χ1v) is 9.51. The predicted octanol–water partition coefficient (Wildman–Crippen LogP) is 5.56. The van der Waals surface area contributed by atoms with Crippen LogP contribution in [-0.4, -0.2) is 28.9 Å². The van der Waals surface area contributed by atoms with Crippen LogP contribution >= 0.6 is 34.5 Å². The quantitative estimate of drug-likeness (QED) is 0.622. The van der Waals surface area contributed by atoms with Gasteiger partial charge in [0, 0.05) is 30.2 Å². The summed E-state index contributed by atoms with van der Waals surface area (Å²) in [4.78, 5) is 17.9. The van der Waals surface area contributed by atoms with E-state index in [0.29, 0.717) is 20.2 Å². The van der Waals surface area contributed by atoms with Crippen LogP contribution in [0, 0.1) is 0 Å². The van der Waals surface area contributed by atoms with Gasteiger partial charge in [-0.1, -0.05) is 41.4 Å². The van der Waals surface area contributed by atoms with Gasteiger partial charge in [0.1, 0.15) is 4.34 Å². The minimum Gasteiger partial charge on any atom is -0.361 e. The minimum absolute atomic E-state index is 0.0134. The third-order valence-corrected chi connectivity index (χ3v) is 6.22. The summed E-state index contributed by atoms with van der Waals surface area (Å²) in [6, 6.07) is 10.0. The van der Waals surface area contributed by atoms with E-state index in [2.05, 4.69) is 29.4 Å². The molecule has 0 unspecified atom stereocenters. The van der Waals surface area contributed by atoms with Gasteiger partial charge in [0.05, 0.1) is 9.90 Å². The molecule has 0 bridgehead atoms. The van der Waals surface area contributed by atoms with E-state index in [4.69, 9.17) is 23.2 Å². The maximum atomic E-state index is 12.6. The van der Waals surface area contributed by atoms with Gasteiger partial charge in [-0.2, -0.15) is 0 Å². The molecule has 0 saturated carbocycles. The fourth-order valence-corrected chi connectivity index (χ4v) is 4.93. The third kappa shape index (κ3) is 2.83. The highest BCUT2D eigenvalue weighted by molar-refractivity contribution is 7.20. The number of carbonyl (C=O) groups is 1. The normalized spacial score (nSPS) is 16.0. The van der Waals surface area contributed by atoms with Crippen molar-refractivity contribution in [3.05, 3.63) is 56.3 Å². The minimum atomic E-state index is -0.0134. The van der Waals surface area contributed by atoms with E-state index in [1.165, 1.54) is 27.8 Å². The maximum absolute atomic E-state index is 12.6. The molecule has 0 spiro atoms. The number of hydrogen-bond donors (Lipinski definition) is 1. The number of thiophene rings is 1. The molecular weight excluding hydrogens is 363 g/mol.